The molecule has 2 rings (SSSR count). The van der Waals surface area contributed by atoms with Crippen molar-refractivity contribution in [2.24, 2.45) is 0 Å². The van der Waals surface area contributed by atoms with Crippen LogP contribution in [0.15, 0.2) is 46.8 Å². The number of hydrogen-bond acceptors (Lipinski definition) is 5. The van der Waals surface area contributed by atoms with Crippen molar-refractivity contribution >= 4 is 11.9 Å². The number of carboxylic acid groups (broad SMARTS) is 1. The van der Waals surface area contributed by atoms with Crippen LogP contribution in [0.25, 0.3) is 0 Å². The zero-order valence-corrected chi connectivity index (χ0v) is 13.7. The minimum Gasteiger partial charge on any atom is -0.545 e. The van der Waals surface area contributed by atoms with Crippen molar-refractivity contribution < 1.29 is 32.6 Å². The summed E-state index contributed by atoms with van der Waals surface area (Å²) >= 11 is 0. The molecule has 0 saturated carbocycles. The number of carboxylic acids is 1. The Bertz CT molecular complexity index is 793. The van der Waals surface area contributed by atoms with Gasteiger partial charge in [0.15, 0.2) is 0 Å². The van der Waals surface area contributed by atoms with Crippen LogP contribution in [0.1, 0.15) is 30.9 Å². The molecular weight excluding hydrogens is 339 g/mol. The highest BCUT2D eigenvalue weighted by molar-refractivity contribution is 5.98. The fourth-order valence-corrected chi connectivity index (χ4v) is 2.96. The van der Waals surface area contributed by atoms with E-state index in [0.29, 0.717) is 0 Å². The van der Waals surface area contributed by atoms with Gasteiger partial charge in [0.2, 0.25) is 0 Å². The first-order valence-electron chi connectivity index (χ1n) is 7.24. The van der Waals surface area contributed by atoms with Crippen LogP contribution in [-0.4, -0.2) is 19.0 Å². The van der Waals surface area contributed by atoms with E-state index in [2.05, 4.69) is 10.1 Å². The van der Waals surface area contributed by atoms with Crippen LogP contribution in [-0.2, 0) is 20.5 Å². The molecule has 0 saturated heterocycles. The minimum atomic E-state index is -4.72. The van der Waals surface area contributed by atoms with Crippen molar-refractivity contribution in [3.63, 3.8) is 0 Å². The number of aliphatic carboxylic acids is 1. The minimum absolute atomic E-state index is 0.104. The van der Waals surface area contributed by atoms with Crippen molar-refractivity contribution in [1.29, 1.82) is 0 Å². The van der Waals surface area contributed by atoms with Gasteiger partial charge >= 0.3 is 12.1 Å². The molecule has 25 heavy (non-hydrogen) atoms. The second-order valence-corrected chi connectivity index (χ2v) is 5.50. The van der Waals surface area contributed by atoms with Crippen LogP contribution in [0, 0.1) is 0 Å². The topological polar surface area (TPSA) is 78.5 Å². The smallest absolute Gasteiger partial charge is 0.416 e. The number of carbonyl (C=O) groups is 2. The van der Waals surface area contributed by atoms with Crippen molar-refractivity contribution in [3.05, 3.63) is 57.9 Å². The Morgan fingerprint density at radius 3 is 2.20 bits per heavy atom. The number of dihydropyridines is 1. The quantitative estimate of drug-likeness (QED) is 0.839. The summed E-state index contributed by atoms with van der Waals surface area (Å²) in [5.41, 5.74) is -1.70. The summed E-state index contributed by atoms with van der Waals surface area (Å²) in [6.45, 7) is 2.86. The molecule has 1 aromatic carbocycles. The lowest BCUT2D eigenvalue weighted by Gasteiger charge is -2.33. The van der Waals surface area contributed by atoms with Gasteiger partial charge < -0.3 is 20.0 Å². The molecule has 0 radical (unpaired) electrons. The molecule has 1 atom stereocenters. The summed E-state index contributed by atoms with van der Waals surface area (Å²) in [5.74, 6) is -4.05. The summed E-state index contributed by atoms with van der Waals surface area (Å²) in [5, 5.41) is 14.3. The number of halogens is 3. The number of methoxy groups -OCH3 is 1. The molecule has 1 aliphatic heterocycles. The Balaban J connectivity index is 2.82. The number of rotatable bonds is 3. The van der Waals surface area contributed by atoms with Gasteiger partial charge in [-0.15, -0.1) is 0 Å². The molecule has 0 fully saturated rings. The van der Waals surface area contributed by atoms with E-state index in [1.54, 1.807) is 0 Å². The molecule has 0 spiro atoms. The van der Waals surface area contributed by atoms with Gasteiger partial charge in [0.05, 0.1) is 24.2 Å². The third kappa shape index (κ3) is 3.38. The molecule has 0 bridgehead atoms. The van der Waals surface area contributed by atoms with E-state index in [0.717, 1.165) is 19.2 Å². The van der Waals surface area contributed by atoms with Crippen molar-refractivity contribution in [2.75, 3.05) is 7.11 Å². The molecule has 0 amide bonds. The zero-order valence-electron chi connectivity index (χ0n) is 13.7. The predicted octanol–water partition coefficient (Wildman–Crippen LogP) is 1.86. The van der Waals surface area contributed by atoms with E-state index in [-0.39, 0.29) is 22.5 Å². The van der Waals surface area contributed by atoms with Gasteiger partial charge in [-0.25, -0.2) is 4.79 Å². The molecule has 1 N–H and O–H groups in total. The summed E-state index contributed by atoms with van der Waals surface area (Å²) in [7, 11) is 1.07. The molecule has 1 aromatic rings. The lowest BCUT2D eigenvalue weighted by atomic mass is 9.78. The highest BCUT2D eigenvalue weighted by Crippen LogP contribution is 2.43. The number of nitrogens with one attached hydrogen (secondary N) is 1. The maximum absolute atomic E-state index is 13.4. The van der Waals surface area contributed by atoms with E-state index >= 15 is 0 Å². The molecule has 0 aromatic heterocycles. The fourth-order valence-electron chi connectivity index (χ4n) is 2.96. The van der Waals surface area contributed by atoms with Gasteiger partial charge in [-0.1, -0.05) is 18.2 Å². The van der Waals surface area contributed by atoms with Crippen LogP contribution >= 0.6 is 0 Å². The number of carbonyl (C=O) groups excluding carboxylic acids is 2. The average molecular weight is 354 g/mol. The molecule has 134 valence electrons. The van der Waals surface area contributed by atoms with Crippen LogP contribution < -0.4 is 10.4 Å². The third-order valence-corrected chi connectivity index (χ3v) is 3.96. The van der Waals surface area contributed by atoms with Crippen molar-refractivity contribution in [3.8, 4) is 0 Å². The maximum atomic E-state index is 13.4. The molecule has 0 aliphatic carbocycles. The van der Waals surface area contributed by atoms with Gasteiger partial charge in [0.1, 0.15) is 0 Å². The van der Waals surface area contributed by atoms with Crippen molar-refractivity contribution in [1.82, 2.24) is 5.32 Å². The van der Waals surface area contributed by atoms with Gasteiger partial charge in [0.25, 0.3) is 0 Å². The Labute approximate surface area is 141 Å². The Morgan fingerprint density at radius 2 is 1.68 bits per heavy atom. The largest absolute Gasteiger partial charge is 0.545 e. The molecule has 5 nitrogen and oxygen atoms in total. The molecular formula is C17H15F3NO4-. The number of benzene rings is 1. The maximum Gasteiger partial charge on any atom is 0.416 e. The molecule has 1 aliphatic rings. The van der Waals surface area contributed by atoms with E-state index in [9.17, 15) is 27.9 Å². The monoisotopic (exact) mass is 354 g/mol. The van der Waals surface area contributed by atoms with E-state index in [1.165, 1.54) is 26.0 Å². The highest BCUT2D eigenvalue weighted by atomic mass is 19.4. The molecule has 8 heteroatoms. The van der Waals surface area contributed by atoms with Gasteiger partial charge in [-0.3, -0.25) is 0 Å². The fraction of sp³-hybridized carbons (Fsp3) is 0.294. The lowest BCUT2D eigenvalue weighted by Crippen LogP contribution is -2.37. The first-order valence-corrected chi connectivity index (χ1v) is 7.24. The van der Waals surface area contributed by atoms with Crippen molar-refractivity contribution in [2.45, 2.75) is 25.9 Å². The van der Waals surface area contributed by atoms with Crippen LogP contribution in [0.2, 0.25) is 0 Å². The van der Waals surface area contributed by atoms with Crippen LogP contribution in [0.3, 0.4) is 0 Å². The first-order chi connectivity index (χ1) is 11.6. The normalized spacial score (nSPS) is 18.1. The van der Waals surface area contributed by atoms with Gasteiger partial charge in [-0.05, 0) is 25.5 Å². The van der Waals surface area contributed by atoms with E-state index < -0.39 is 35.2 Å². The number of esters is 1. The average Bonchev–Trinajstić information content (AvgIpc) is 2.52. The standard InChI is InChI=1S/C17H16F3NO4/c1-8-12(15(22)23)14(13(9(2)21-8)16(24)25-3)10-6-4-5-7-11(10)17(18,19)20/h4-7,14,21H,1-3H3,(H,22,23)/p-1. The summed E-state index contributed by atoms with van der Waals surface area (Å²) in [6, 6.07) is 4.52. The Kier molecular flexibility index (Phi) is 4.92. The van der Waals surface area contributed by atoms with E-state index in [1.807, 2.05) is 0 Å². The second-order valence-electron chi connectivity index (χ2n) is 5.50. The number of ether oxygens (including phenoxy) is 1. The Hall–Kier alpha value is -2.77. The van der Waals surface area contributed by atoms with Crippen LogP contribution in [0.4, 0.5) is 13.2 Å². The summed E-state index contributed by atoms with van der Waals surface area (Å²) in [6.07, 6.45) is -4.72. The molecule has 1 unspecified atom stereocenters. The van der Waals surface area contributed by atoms with E-state index in [4.69, 9.17) is 0 Å². The van der Waals surface area contributed by atoms with Crippen LogP contribution in [0.5, 0.6) is 0 Å². The molecule has 1 heterocycles. The summed E-state index contributed by atoms with van der Waals surface area (Å²) < 4.78 is 44.9. The summed E-state index contributed by atoms with van der Waals surface area (Å²) in [4.78, 5) is 23.8. The first kappa shape index (κ1) is 18.6. The number of hydrogen-bond donors (Lipinski definition) is 1. The second kappa shape index (κ2) is 6.62. The lowest BCUT2D eigenvalue weighted by molar-refractivity contribution is -0.299. The van der Waals surface area contributed by atoms with Gasteiger partial charge in [0, 0.05) is 22.9 Å². The Morgan fingerprint density at radius 1 is 1.12 bits per heavy atom. The SMILES string of the molecule is COC(=O)C1=C(C)NC(C)=C(C(=O)[O-])C1c1ccccc1C(F)(F)F. The number of allylic oxidation sites excluding steroid dienone is 2. The van der Waals surface area contributed by atoms with Gasteiger partial charge in [-0.2, -0.15) is 13.2 Å². The number of alkyl halides is 3. The third-order valence-electron chi connectivity index (χ3n) is 3.96. The predicted molar refractivity (Wildman–Crippen MR) is 79.7 cm³/mol. The highest BCUT2D eigenvalue weighted by Gasteiger charge is 2.40. The zero-order chi connectivity index (χ0) is 18.9.